The second-order valence-electron chi connectivity index (χ2n) is 7.77. The average Bonchev–Trinajstić information content (AvgIpc) is 3.11. The first kappa shape index (κ1) is 24.8. The Labute approximate surface area is 215 Å². The van der Waals surface area contributed by atoms with Gasteiger partial charge in [0.2, 0.25) is 5.75 Å². The number of non-ortho nitro benzene ring substituents is 1. The molecule has 3 aromatic carbocycles. The molecule has 4 rings (SSSR count). The van der Waals surface area contributed by atoms with Crippen molar-refractivity contribution >= 4 is 63.0 Å². The monoisotopic (exact) mass is 522 g/mol. The normalized spacial score (nSPS) is 14.3. The topological polar surface area (TPSA) is 119 Å². The van der Waals surface area contributed by atoms with Gasteiger partial charge in [-0.15, -0.1) is 0 Å². The molecule has 1 aliphatic heterocycles. The van der Waals surface area contributed by atoms with E-state index < -0.39 is 21.2 Å². The molecule has 0 bridgehead atoms. The Morgan fingerprint density at radius 1 is 1.00 bits per heavy atom. The maximum Gasteiger partial charge on any atom is 0.318 e. The number of carbonyl (C=O) groups is 1. The van der Waals surface area contributed by atoms with Gasteiger partial charge < -0.3 is 9.64 Å². The quantitative estimate of drug-likeness (QED) is 0.165. The van der Waals surface area contributed by atoms with Crippen molar-refractivity contribution in [3.05, 3.63) is 97.4 Å². The van der Waals surface area contributed by atoms with Crippen molar-refractivity contribution in [2.24, 2.45) is 0 Å². The van der Waals surface area contributed by atoms with Crippen molar-refractivity contribution in [1.82, 2.24) is 0 Å². The molecule has 1 amide bonds. The summed E-state index contributed by atoms with van der Waals surface area (Å²) in [7, 11) is 3.85. The molecule has 1 aliphatic rings. The molecule has 0 spiro atoms. The van der Waals surface area contributed by atoms with Crippen LogP contribution in [0.5, 0.6) is 11.5 Å². The third kappa shape index (κ3) is 5.19. The van der Waals surface area contributed by atoms with Crippen molar-refractivity contribution < 1.29 is 19.4 Å². The van der Waals surface area contributed by atoms with Crippen LogP contribution in [0.4, 0.5) is 22.7 Å². The standard InChI is InChI=1S/C24H18N4O6S2/c1-25(2)16-6-8-17(9-7-16)26-23(29)22(36-24(26)35)13-15-4-3-5-19(12-15)34-21-11-10-18(27(30)31)14-20(21)28(32)33/h3-14H,1-2H3/b22-13+. The van der Waals surface area contributed by atoms with Gasteiger partial charge in [-0.2, -0.15) is 0 Å². The van der Waals surface area contributed by atoms with Crippen LogP contribution in [0.3, 0.4) is 0 Å². The Balaban J connectivity index is 1.58. The maximum absolute atomic E-state index is 13.1. The molecule has 0 unspecified atom stereocenters. The highest BCUT2D eigenvalue weighted by Gasteiger charge is 2.33. The van der Waals surface area contributed by atoms with E-state index in [1.165, 1.54) is 22.7 Å². The van der Waals surface area contributed by atoms with Gasteiger partial charge in [-0.25, -0.2) is 0 Å². The molecule has 1 saturated heterocycles. The number of thiocarbonyl (C=S) groups is 1. The Hall–Kier alpha value is -4.29. The summed E-state index contributed by atoms with van der Waals surface area (Å²) < 4.78 is 6.05. The molecule has 1 fully saturated rings. The molecule has 10 nitrogen and oxygen atoms in total. The third-order valence-corrected chi connectivity index (χ3v) is 6.45. The van der Waals surface area contributed by atoms with Gasteiger partial charge in [0, 0.05) is 25.8 Å². The van der Waals surface area contributed by atoms with E-state index in [4.69, 9.17) is 17.0 Å². The Bertz CT molecular complexity index is 1420. The van der Waals surface area contributed by atoms with Crippen molar-refractivity contribution in [2.45, 2.75) is 0 Å². The lowest BCUT2D eigenvalue weighted by Crippen LogP contribution is -2.27. The Kier molecular flexibility index (Phi) is 6.99. The molecule has 12 heteroatoms. The van der Waals surface area contributed by atoms with E-state index in [0.717, 1.165) is 17.8 Å². The van der Waals surface area contributed by atoms with E-state index in [2.05, 4.69) is 0 Å². The van der Waals surface area contributed by atoms with Gasteiger partial charge in [0.15, 0.2) is 4.32 Å². The first-order valence-corrected chi connectivity index (χ1v) is 11.6. The summed E-state index contributed by atoms with van der Waals surface area (Å²) in [5, 5.41) is 22.3. The van der Waals surface area contributed by atoms with Crippen LogP contribution in [0.2, 0.25) is 0 Å². The van der Waals surface area contributed by atoms with Gasteiger partial charge >= 0.3 is 5.69 Å². The van der Waals surface area contributed by atoms with Crippen molar-refractivity contribution in [2.75, 3.05) is 23.9 Å². The highest BCUT2D eigenvalue weighted by Crippen LogP contribution is 2.38. The van der Waals surface area contributed by atoms with E-state index >= 15 is 0 Å². The van der Waals surface area contributed by atoms with Crippen molar-refractivity contribution in [3.63, 3.8) is 0 Å². The summed E-state index contributed by atoms with van der Waals surface area (Å²) >= 11 is 6.60. The second kappa shape index (κ2) is 10.1. The first-order chi connectivity index (χ1) is 17.1. The predicted octanol–water partition coefficient (Wildman–Crippen LogP) is 5.77. The number of amides is 1. The number of hydrogen-bond acceptors (Lipinski definition) is 9. The lowest BCUT2D eigenvalue weighted by Gasteiger charge is -2.17. The highest BCUT2D eigenvalue weighted by molar-refractivity contribution is 8.27. The molecule has 182 valence electrons. The van der Waals surface area contributed by atoms with Crippen molar-refractivity contribution in [1.29, 1.82) is 0 Å². The van der Waals surface area contributed by atoms with Crippen LogP contribution in [0.1, 0.15) is 5.56 Å². The SMILES string of the molecule is CN(C)c1ccc(N2C(=O)/C(=C\c3cccc(Oc4ccc([N+](=O)[O-])cc4[N+](=O)[O-])c3)SC2=S)cc1. The predicted molar refractivity (Wildman–Crippen MR) is 143 cm³/mol. The van der Waals surface area contributed by atoms with E-state index in [1.807, 2.05) is 43.3 Å². The zero-order chi connectivity index (χ0) is 26.0. The van der Waals surface area contributed by atoms with Crippen LogP contribution in [0.25, 0.3) is 6.08 Å². The molecule has 0 aromatic heterocycles. The molecule has 0 saturated carbocycles. The number of nitro benzene ring substituents is 2. The molecule has 1 heterocycles. The molecular weight excluding hydrogens is 504 g/mol. The molecule has 0 aliphatic carbocycles. The minimum atomic E-state index is -0.747. The zero-order valence-electron chi connectivity index (χ0n) is 19.0. The second-order valence-corrected chi connectivity index (χ2v) is 9.44. The van der Waals surface area contributed by atoms with Crippen LogP contribution < -0.4 is 14.5 Å². The van der Waals surface area contributed by atoms with Gasteiger partial charge in [0.1, 0.15) is 5.75 Å². The Morgan fingerprint density at radius 2 is 1.72 bits per heavy atom. The van der Waals surface area contributed by atoms with Crippen LogP contribution in [-0.4, -0.2) is 34.2 Å². The van der Waals surface area contributed by atoms with Gasteiger partial charge in [-0.05, 0) is 54.1 Å². The minimum Gasteiger partial charge on any atom is -0.450 e. The molecule has 36 heavy (non-hydrogen) atoms. The van der Waals surface area contributed by atoms with E-state index in [1.54, 1.807) is 30.3 Å². The number of carbonyl (C=O) groups excluding carboxylic acids is 1. The summed E-state index contributed by atoms with van der Waals surface area (Å²) in [6.07, 6.45) is 1.66. The van der Waals surface area contributed by atoms with E-state index in [-0.39, 0.29) is 17.4 Å². The summed E-state index contributed by atoms with van der Waals surface area (Å²) in [6, 6.07) is 17.2. The summed E-state index contributed by atoms with van der Waals surface area (Å²) in [6.45, 7) is 0. The lowest BCUT2D eigenvalue weighted by atomic mass is 10.2. The number of ether oxygens (including phenoxy) is 1. The van der Waals surface area contributed by atoms with Gasteiger partial charge in [-0.1, -0.05) is 36.1 Å². The largest absolute Gasteiger partial charge is 0.450 e. The average molecular weight is 523 g/mol. The molecule has 3 aromatic rings. The summed E-state index contributed by atoms with van der Waals surface area (Å²) in [4.78, 5) is 37.8. The number of benzene rings is 3. The van der Waals surface area contributed by atoms with E-state index in [9.17, 15) is 25.0 Å². The number of anilines is 2. The van der Waals surface area contributed by atoms with Crippen LogP contribution in [0, 0.1) is 20.2 Å². The molecule has 0 atom stereocenters. The first-order valence-electron chi connectivity index (χ1n) is 10.4. The van der Waals surface area contributed by atoms with E-state index in [0.29, 0.717) is 20.5 Å². The summed E-state index contributed by atoms with van der Waals surface area (Å²) in [5.41, 5.74) is 1.32. The van der Waals surface area contributed by atoms with Crippen molar-refractivity contribution in [3.8, 4) is 11.5 Å². The van der Waals surface area contributed by atoms with Crippen LogP contribution in [-0.2, 0) is 4.79 Å². The number of thioether (sulfide) groups is 1. The highest BCUT2D eigenvalue weighted by atomic mass is 32.2. The molecule has 0 radical (unpaired) electrons. The minimum absolute atomic E-state index is 0.143. The molecule has 0 N–H and O–H groups in total. The van der Waals surface area contributed by atoms with Crippen LogP contribution >= 0.6 is 24.0 Å². The summed E-state index contributed by atoms with van der Waals surface area (Å²) in [5.74, 6) is -0.148. The van der Waals surface area contributed by atoms with Gasteiger partial charge in [0.05, 0.1) is 26.5 Å². The number of rotatable bonds is 7. The number of nitrogens with zero attached hydrogens (tertiary/aromatic N) is 4. The lowest BCUT2D eigenvalue weighted by molar-refractivity contribution is -0.394. The van der Waals surface area contributed by atoms with Gasteiger partial charge in [0.25, 0.3) is 11.6 Å². The smallest absolute Gasteiger partial charge is 0.318 e. The Morgan fingerprint density at radius 3 is 2.36 bits per heavy atom. The number of nitro groups is 2. The third-order valence-electron chi connectivity index (χ3n) is 5.15. The van der Waals surface area contributed by atoms with Crippen LogP contribution in [0.15, 0.2) is 71.6 Å². The zero-order valence-corrected chi connectivity index (χ0v) is 20.6. The molecular formula is C24H18N4O6S2. The number of hydrogen-bond donors (Lipinski definition) is 0. The van der Waals surface area contributed by atoms with Gasteiger partial charge in [-0.3, -0.25) is 29.9 Å². The fourth-order valence-electron chi connectivity index (χ4n) is 3.38. The fraction of sp³-hybridized carbons (Fsp3) is 0.0833. The fourth-order valence-corrected chi connectivity index (χ4v) is 4.68. The maximum atomic E-state index is 13.1.